The lowest BCUT2D eigenvalue weighted by molar-refractivity contribution is -0.385. The lowest BCUT2D eigenvalue weighted by atomic mass is 10.1. The summed E-state index contributed by atoms with van der Waals surface area (Å²) < 4.78 is 10.3. The molecule has 1 heterocycles. The van der Waals surface area contributed by atoms with E-state index in [9.17, 15) is 14.9 Å². The number of nitro benzene ring substituents is 1. The van der Waals surface area contributed by atoms with Crippen molar-refractivity contribution in [3.8, 4) is 22.1 Å². The van der Waals surface area contributed by atoms with Gasteiger partial charge in [-0.1, -0.05) is 29.8 Å². The highest BCUT2D eigenvalue weighted by Gasteiger charge is 2.19. The van der Waals surface area contributed by atoms with Crippen LogP contribution in [0.5, 0.6) is 11.5 Å². The molecule has 1 amide bonds. The van der Waals surface area contributed by atoms with Crippen molar-refractivity contribution in [2.24, 2.45) is 0 Å². The molecule has 3 rings (SSSR count). The number of nitro groups is 1. The van der Waals surface area contributed by atoms with Gasteiger partial charge in [-0.3, -0.25) is 14.9 Å². The highest BCUT2D eigenvalue weighted by molar-refractivity contribution is 7.13. The zero-order chi connectivity index (χ0) is 22.4. The highest BCUT2D eigenvalue weighted by atomic mass is 35.5. The summed E-state index contributed by atoms with van der Waals surface area (Å²) in [5.41, 5.74) is 1.81. The largest absolute Gasteiger partial charge is 0.493 e. The van der Waals surface area contributed by atoms with E-state index in [4.69, 9.17) is 21.1 Å². The first-order valence-corrected chi connectivity index (χ1v) is 10.5. The van der Waals surface area contributed by atoms with Crippen LogP contribution in [0, 0.1) is 10.1 Å². The number of rotatable bonds is 9. The fourth-order valence-corrected chi connectivity index (χ4v) is 4.13. The van der Waals surface area contributed by atoms with E-state index in [1.165, 1.54) is 31.6 Å². The van der Waals surface area contributed by atoms with Gasteiger partial charge in [-0.25, -0.2) is 4.98 Å². The standard InChI is InChI=1S/C21H20ClN3O5S/c1-29-18-9-13(17(25(27)28)11-19(18)30-2)7-8-23-20(26)10-14-12-31-21(24-14)15-5-3-4-6-16(15)22/h3-6,9,11-12H,7-8,10H2,1-2H3,(H,23,26). The third-order valence-corrected chi connectivity index (χ3v) is 5.75. The number of methoxy groups -OCH3 is 2. The number of thiazole rings is 1. The lowest BCUT2D eigenvalue weighted by Gasteiger charge is -2.11. The topological polar surface area (TPSA) is 104 Å². The molecule has 0 aliphatic rings. The highest BCUT2D eigenvalue weighted by Crippen LogP contribution is 2.34. The van der Waals surface area contributed by atoms with E-state index < -0.39 is 4.92 Å². The van der Waals surface area contributed by atoms with Crippen LogP contribution in [-0.4, -0.2) is 36.6 Å². The predicted molar refractivity (Wildman–Crippen MR) is 119 cm³/mol. The molecule has 0 spiro atoms. The van der Waals surface area contributed by atoms with Crippen molar-refractivity contribution in [1.29, 1.82) is 0 Å². The van der Waals surface area contributed by atoms with Crippen molar-refractivity contribution in [1.82, 2.24) is 10.3 Å². The van der Waals surface area contributed by atoms with Gasteiger partial charge in [0.2, 0.25) is 5.91 Å². The molecule has 0 aliphatic carbocycles. The quantitative estimate of drug-likeness (QED) is 0.376. The first-order chi connectivity index (χ1) is 14.9. The maximum atomic E-state index is 12.3. The van der Waals surface area contributed by atoms with E-state index >= 15 is 0 Å². The maximum absolute atomic E-state index is 12.3. The molecule has 0 unspecified atom stereocenters. The number of benzene rings is 2. The summed E-state index contributed by atoms with van der Waals surface area (Å²) in [5, 5.41) is 17.3. The lowest BCUT2D eigenvalue weighted by Crippen LogP contribution is -2.27. The Balaban J connectivity index is 1.61. The molecule has 3 aromatic rings. The van der Waals surface area contributed by atoms with Crippen LogP contribution in [-0.2, 0) is 17.6 Å². The second-order valence-electron chi connectivity index (χ2n) is 6.49. The number of nitrogens with zero attached hydrogens (tertiary/aromatic N) is 2. The summed E-state index contributed by atoms with van der Waals surface area (Å²) >= 11 is 7.61. The fraction of sp³-hybridized carbons (Fsp3) is 0.238. The monoisotopic (exact) mass is 461 g/mol. The number of carbonyl (C=O) groups is 1. The molecule has 0 saturated carbocycles. The van der Waals surface area contributed by atoms with Crippen molar-refractivity contribution in [3.63, 3.8) is 0 Å². The fourth-order valence-electron chi connectivity index (χ4n) is 2.99. The van der Waals surface area contributed by atoms with Crippen LogP contribution >= 0.6 is 22.9 Å². The number of hydrogen-bond donors (Lipinski definition) is 1. The van der Waals surface area contributed by atoms with Crippen LogP contribution in [0.25, 0.3) is 10.6 Å². The van der Waals surface area contributed by atoms with Crippen molar-refractivity contribution < 1.29 is 19.2 Å². The molecule has 0 bridgehead atoms. The third kappa shape index (κ3) is 5.50. The molecule has 8 nitrogen and oxygen atoms in total. The van der Waals surface area contributed by atoms with E-state index in [1.54, 1.807) is 12.1 Å². The first kappa shape index (κ1) is 22.5. The van der Waals surface area contributed by atoms with Crippen LogP contribution in [0.15, 0.2) is 41.8 Å². The Bertz CT molecular complexity index is 1100. The Morgan fingerprint density at radius 2 is 1.94 bits per heavy atom. The molecule has 1 aromatic heterocycles. The van der Waals surface area contributed by atoms with Gasteiger partial charge in [0.1, 0.15) is 5.01 Å². The summed E-state index contributed by atoms with van der Waals surface area (Å²) in [6.07, 6.45) is 0.374. The summed E-state index contributed by atoms with van der Waals surface area (Å²) in [5.74, 6) is 0.447. The van der Waals surface area contributed by atoms with Gasteiger partial charge in [-0.15, -0.1) is 11.3 Å². The van der Waals surface area contributed by atoms with E-state index in [-0.39, 0.29) is 36.7 Å². The number of carbonyl (C=O) groups excluding carboxylic acids is 1. The number of nitrogens with one attached hydrogen (secondary N) is 1. The van der Waals surface area contributed by atoms with Gasteiger partial charge in [-0.2, -0.15) is 0 Å². The van der Waals surface area contributed by atoms with Gasteiger partial charge in [0.05, 0.1) is 42.3 Å². The van der Waals surface area contributed by atoms with Crippen molar-refractivity contribution in [3.05, 3.63) is 68.2 Å². The molecule has 0 radical (unpaired) electrons. The van der Waals surface area contributed by atoms with E-state index in [0.29, 0.717) is 22.0 Å². The van der Waals surface area contributed by atoms with Gasteiger partial charge >= 0.3 is 0 Å². The maximum Gasteiger partial charge on any atom is 0.276 e. The number of ether oxygens (including phenoxy) is 2. The Morgan fingerprint density at radius 3 is 2.61 bits per heavy atom. The summed E-state index contributed by atoms with van der Waals surface area (Å²) in [6.45, 7) is 0.233. The molecule has 162 valence electrons. The van der Waals surface area contributed by atoms with Crippen LogP contribution in [0.1, 0.15) is 11.3 Å². The Kier molecular flexibility index (Phi) is 7.43. The molecule has 2 aromatic carbocycles. The van der Waals surface area contributed by atoms with E-state index in [1.807, 2.05) is 23.6 Å². The van der Waals surface area contributed by atoms with Crippen LogP contribution in [0.3, 0.4) is 0 Å². The SMILES string of the molecule is COc1cc(CCNC(=O)Cc2csc(-c3ccccc3Cl)n2)c([N+](=O)[O-])cc1OC. The summed E-state index contributed by atoms with van der Waals surface area (Å²) in [4.78, 5) is 27.7. The zero-order valence-corrected chi connectivity index (χ0v) is 18.5. The average molecular weight is 462 g/mol. The van der Waals surface area contributed by atoms with Crippen molar-refractivity contribution in [2.45, 2.75) is 12.8 Å². The van der Waals surface area contributed by atoms with Crippen LogP contribution < -0.4 is 14.8 Å². The van der Waals surface area contributed by atoms with Gasteiger partial charge in [-0.05, 0) is 18.6 Å². The molecular weight excluding hydrogens is 442 g/mol. The van der Waals surface area contributed by atoms with Gasteiger partial charge in [0.25, 0.3) is 5.69 Å². The van der Waals surface area contributed by atoms with E-state index in [0.717, 1.165) is 10.6 Å². The van der Waals surface area contributed by atoms with Gasteiger partial charge in [0, 0.05) is 23.1 Å². The molecule has 10 heteroatoms. The molecule has 0 fully saturated rings. The summed E-state index contributed by atoms with van der Waals surface area (Å²) in [6, 6.07) is 10.3. The zero-order valence-electron chi connectivity index (χ0n) is 16.9. The van der Waals surface area contributed by atoms with Gasteiger partial charge < -0.3 is 14.8 Å². The van der Waals surface area contributed by atoms with Crippen molar-refractivity contribution in [2.75, 3.05) is 20.8 Å². The number of halogens is 1. The molecule has 0 aliphatic heterocycles. The summed E-state index contributed by atoms with van der Waals surface area (Å²) in [7, 11) is 2.87. The number of hydrogen-bond acceptors (Lipinski definition) is 7. The molecule has 1 N–H and O–H groups in total. The van der Waals surface area contributed by atoms with Crippen molar-refractivity contribution >= 4 is 34.5 Å². The Morgan fingerprint density at radius 1 is 1.23 bits per heavy atom. The van der Waals surface area contributed by atoms with E-state index in [2.05, 4.69) is 10.3 Å². The minimum Gasteiger partial charge on any atom is -0.493 e. The third-order valence-electron chi connectivity index (χ3n) is 4.50. The van der Waals surface area contributed by atoms with Crippen LogP contribution in [0.2, 0.25) is 5.02 Å². The normalized spacial score (nSPS) is 10.5. The number of amides is 1. The Hall–Kier alpha value is -3.17. The number of aromatic nitrogens is 1. The molecular formula is C21H20ClN3O5S. The predicted octanol–water partition coefficient (Wildman–Crippen LogP) is 4.29. The first-order valence-electron chi connectivity index (χ1n) is 9.28. The minimum absolute atomic E-state index is 0.0872. The molecule has 31 heavy (non-hydrogen) atoms. The average Bonchev–Trinajstić information content (AvgIpc) is 3.21. The van der Waals surface area contributed by atoms with Crippen LogP contribution in [0.4, 0.5) is 5.69 Å². The molecule has 0 atom stereocenters. The molecule has 0 saturated heterocycles. The second kappa shape index (κ2) is 10.2. The minimum atomic E-state index is -0.482. The Labute approximate surface area is 187 Å². The second-order valence-corrected chi connectivity index (χ2v) is 7.76. The smallest absolute Gasteiger partial charge is 0.276 e. The van der Waals surface area contributed by atoms with Gasteiger partial charge in [0.15, 0.2) is 11.5 Å².